The van der Waals surface area contributed by atoms with Gasteiger partial charge in [-0.15, -0.1) is 0 Å². The van der Waals surface area contributed by atoms with E-state index in [1.807, 2.05) is 37.3 Å². The number of carbonyl (C=O) groups excluding carboxylic acids is 1. The molecule has 1 aliphatic heterocycles. The van der Waals surface area contributed by atoms with Gasteiger partial charge in [-0.05, 0) is 56.0 Å². The van der Waals surface area contributed by atoms with Crippen LogP contribution >= 0.6 is 15.9 Å². The molecule has 2 heterocycles. The molecule has 0 amide bonds. The van der Waals surface area contributed by atoms with Crippen LogP contribution in [0.5, 0.6) is 0 Å². The lowest BCUT2D eigenvalue weighted by molar-refractivity contribution is 0.0517. The summed E-state index contributed by atoms with van der Waals surface area (Å²) in [7, 11) is 0. The molecule has 1 aromatic heterocycles. The van der Waals surface area contributed by atoms with Crippen LogP contribution < -0.4 is 0 Å². The van der Waals surface area contributed by atoms with Gasteiger partial charge >= 0.3 is 5.97 Å². The zero-order valence-electron chi connectivity index (χ0n) is 16.4. The molecule has 1 unspecified atom stereocenters. The fraction of sp³-hybridized carbons (Fsp3) is 0.348. The van der Waals surface area contributed by atoms with E-state index in [2.05, 4.69) is 31.9 Å². The van der Waals surface area contributed by atoms with Crippen LogP contribution in [0, 0.1) is 5.82 Å². The van der Waals surface area contributed by atoms with Gasteiger partial charge in [-0.2, -0.15) is 0 Å². The van der Waals surface area contributed by atoms with E-state index in [0.29, 0.717) is 24.4 Å². The van der Waals surface area contributed by atoms with Gasteiger partial charge in [0.2, 0.25) is 0 Å². The molecule has 29 heavy (non-hydrogen) atoms. The van der Waals surface area contributed by atoms with Crippen molar-refractivity contribution in [3.63, 3.8) is 0 Å². The lowest BCUT2D eigenvalue weighted by Gasteiger charge is -2.33. The summed E-state index contributed by atoms with van der Waals surface area (Å²) >= 11 is 3.31. The second-order valence-electron chi connectivity index (χ2n) is 7.49. The van der Waals surface area contributed by atoms with Crippen LogP contribution in [0.3, 0.4) is 0 Å². The second kappa shape index (κ2) is 8.67. The summed E-state index contributed by atoms with van der Waals surface area (Å²) in [5.41, 5.74) is 3.22. The Kier molecular flexibility index (Phi) is 6.01. The van der Waals surface area contributed by atoms with Crippen molar-refractivity contribution >= 4 is 32.8 Å². The minimum absolute atomic E-state index is 0.192. The molecule has 1 fully saturated rings. The normalized spacial score (nSPS) is 17.6. The van der Waals surface area contributed by atoms with Crippen LogP contribution in [0.4, 0.5) is 4.39 Å². The molecule has 6 heteroatoms. The number of para-hydroxylation sites is 1. The molecule has 152 valence electrons. The largest absolute Gasteiger partial charge is 0.461 e. The maximum absolute atomic E-state index is 14.3. The van der Waals surface area contributed by atoms with Crippen molar-refractivity contribution in [2.24, 2.45) is 0 Å². The van der Waals surface area contributed by atoms with Crippen molar-refractivity contribution in [3.05, 3.63) is 69.6 Å². The molecular weight excluding hydrogens is 435 g/mol. The van der Waals surface area contributed by atoms with Gasteiger partial charge in [0.05, 0.1) is 6.61 Å². The highest BCUT2D eigenvalue weighted by molar-refractivity contribution is 9.10. The van der Waals surface area contributed by atoms with Gasteiger partial charge in [-0.3, -0.25) is 4.90 Å². The van der Waals surface area contributed by atoms with Crippen LogP contribution in [-0.4, -0.2) is 35.5 Å². The predicted octanol–water partition coefficient (Wildman–Crippen LogP) is 5.63. The van der Waals surface area contributed by atoms with E-state index in [1.165, 1.54) is 6.07 Å². The van der Waals surface area contributed by atoms with Crippen molar-refractivity contribution in [2.45, 2.75) is 32.2 Å². The standard InChI is InChI=1S/C23H24BrFN2O2/c1-2-29-23(28)22-21(18-7-3-4-8-20(18)26-22)16-6-5-11-27(14-16)13-15-9-10-17(24)12-19(15)25/h3-4,7-10,12,16,26H,2,5-6,11,13-14H2,1H3. The Morgan fingerprint density at radius 2 is 2.14 bits per heavy atom. The first-order valence-electron chi connectivity index (χ1n) is 10.0. The summed E-state index contributed by atoms with van der Waals surface area (Å²) in [6.45, 7) is 4.42. The zero-order valence-corrected chi connectivity index (χ0v) is 18.0. The monoisotopic (exact) mass is 458 g/mol. The Labute approximate surface area is 178 Å². The van der Waals surface area contributed by atoms with Gasteiger partial charge < -0.3 is 9.72 Å². The number of nitrogens with zero attached hydrogens (tertiary/aromatic N) is 1. The third-order valence-corrected chi connectivity index (χ3v) is 6.04. The number of aromatic nitrogens is 1. The minimum Gasteiger partial charge on any atom is -0.461 e. The van der Waals surface area contributed by atoms with Crippen LogP contribution in [-0.2, 0) is 11.3 Å². The zero-order chi connectivity index (χ0) is 20.4. The molecule has 1 atom stereocenters. The molecule has 4 nitrogen and oxygen atoms in total. The lowest BCUT2D eigenvalue weighted by Crippen LogP contribution is -2.34. The Bertz CT molecular complexity index is 1030. The van der Waals surface area contributed by atoms with Crippen molar-refractivity contribution in [1.29, 1.82) is 0 Å². The van der Waals surface area contributed by atoms with Crippen LogP contribution in [0.15, 0.2) is 46.9 Å². The highest BCUT2D eigenvalue weighted by Crippen LogP contribution is 2.36. The number of ether oxygens (including phenoxy) is 1. The topological polar surface area (TPSA) is 45.3 Å². The first-order valence-corrected chi connectivity index (χ1v) is 10.8. The number of aromatic amines is 1. The number of hydrogen-bond acceptors (Lipinski definition) is 3. The van der Waals surface area contributed by atoms with E-state index < -0.39 is 0 Å². The molecule has 0 bridgehead atoms. The molecule has 0 aliphatic carbocycles. The molecule has 1 N–H and O–H groups in total. The first kappa shape index (κ1) is 20.1. The number of benzene rings is 2. The van der Waals surface area contributed by atoms with Crippen molar-refractivity contribution in [2.75, 3.05) is 19.7 Å². The number of fused-ring (bicyclic) bond motifs is 1. The summed E-state index contributed by atoms with van der Waals surface area (Å²) < 4.78 is 20.4. The minimum atomic E-state index is -0.310. The van der Waals surface area contributed by atoms with Crippen LogP contribution in [0.1, 0.15) is 47.3 Å². The van der Waals surface area contributed by atoms with Gasteiger partial charge in [0.15, 0.2) is 0 Å². The molecule has 4 rings (SSSR count). The highest BCUT2D eigenvalue weighted by atomic mass is 79.9. The van der Waals surface area contributed by atoms with E-state index in [-0.39, 0.29) is 17.7 Å². The number of likely N-dealkylation sites (tertiary alicyclic amines) is 1. The number of nitrogens with one attached hydrogen (secondary N) is 1. The third-order valence-electron chi connectivity index (χ3n) is 5.55. The molecule has 0 saturated carbocycles. The lowest BCUT2D eigenvalue weighted by atomic mass is 9.88. The molecule has 1 saturated heterocycles. The number of esters is 1. The number of carbonyl (C=O) groups is 1. The van der Waals surface area contributed by atoms with Crippen molar-refractivity contribution in [3.8, 4) is 0 Å². The number of rotatable bonds is 5. The fourth-order valence-corrected chi connectivity index (χ4v) is 4.61. The second-order valence-corrected chi connectivity index (χ2v) is 8.41. The van der Waals surface area contributed by atoms with Crippen molar-refractivity contribution < 1.29 is 13.9 Å². The number of hydrogen-bond donors (Lipinski definition) is 1. The molecule has 3 aromatic rings. The summed E-state index contributed by atoms with van der Waals surface area (Å²) in [4.78, 5) is 18.1. The summed E-state index contributed by atoms with van der Waals surface area (Å²) in [5.74, 6) is -0.312. The maximum Gasteiger partial charge on any atom is 0.355 e. The van der Waals surface area contributed by atoms with Crippen molar-refractivity contribution in [1.82, 2.24) is 9.88 Å². The van der Waals surface area contributed by atoms with Gasteiger partial charge in [-0.25, -0.2) is 9.18 Å². The van der Waals surface area contributed by atoms with E-state index in [9.17, 15) is 9.18 Å². The van der Waals surface area contributed by atoms with E-state index >= 15 is 0 Å². The van der Waals surface area contributed by atoms with E-state index in [4.69, 9.17) is 4.74 Å². The van der Waals surface area contributed by atoms with E-state index in [1.54, 1.807) is 0 Å². The van der Waals surface area contributed by atoms with E-state index in [0.717, 1.165) is 46.9 Å². The quantitative estimate of drug-likeness (QED) is 0.504. The average Bonchev–Trinajstić information content (AvgIpc) is 3.10. The fourth-order valence-electron chi connectivity index (χ4n) is 4.28. The van der Waals surface area contributed by atoms with Crippen LogP contribution in [0.25, 0.3) is 10.9 Å². The first-order chi connectivity index (χ1) is 14.1. The number of piperidine rings is 1. The summed E-state index contributed by atoms with van der Waals surface area (Å²) in [5, 5.41) is 1.07. The molecule has 0 spiro atoms. The average molecular weight is 459 g/mol. The molecule has 1 aliphatic rings. The van der Waals surface area contributed by atoms with Crippen LogP contribution in [0.2, 0.25) is 0 Å². The van der Waals surface area contributed by atoms with Gasteiger partial charge in [-0.1, -0.05) is 40.2 Å². The van der Waals surface area contributed by atoms with Gasteiger partial charge in [0.1, 0.15) is 11.5 Å². The Morgan fingerprint density at radius 1 is 1.31 bits per heavy atom. The molecule has 0 radical (unpaired) electrons. The Morgan fingerprint density at radius 3 is 2.93 bits per heavy atom. The SMILES string of the molecule is CCOC(=O)c1[nH]c2ccccc2c1C1CCCN(Cc2ccc(Br)cc2F)C1. The smallest absolute Gasteiger partial charge is 0.355 e. The summed E-state index contributed by atoms with van der Waals surface area (Å²) in [6.07, 6.45) is 2.00. The Balaban J connectivity index is 1.63. The number of halogens is 2. The molecule has 2 aromatic carbocycles. The number of H-pyrrole nitrogens is 1. The molecular formula is C23H24BrFN2O2. The highest BCUT2D eigenvalue weighted by Gasteiger charge is 2.29. The Hall–Kier alpha value is -2.18. The predicted molar refractivity (Wildman–Crippen MR) is 116 cm³/mol. The maximum atomic E-state index is 14.3. The third kappa shape index (κ3) is 4.23. The van der Waals surface area contributed by atoms with Gasteiger partial charge in [0.25, 0.3) is 0 Å². The summed E-state index contributed by atoms with van der Waals surface area (Å²) in [6, 6.07) is 13.2. The van der Waals surface area contributed by atoms with Gasteiger partial charge in [0, 0.05) is 34.0 Å².